The van der Waals surface area contributed by atoms with Crippen molar-refractivity contribution in [2.24, 2.45) is 7.05 Å². The minimum absolute atomic E-state index is 0.119. The lowest BCUT2D eigenvalue weighted by Crippen LogP contribution is -2.17. The maximum atomic E-state index is 13.1. The second-order valence-corrected chi connectivity index (χ2v) is 5.41. The Hall–Kier alpha value is -3.02. The summed E-state index contributed by atoms with van der Waals surface area (Å²) in [7, 11) is 1.76. The molecule has 6 heteroatoms. The lowest BCUT2D eigenvalue weighted by atomic mass is 10.1. The van der Waals surface area contributed by atoms with Crippen LogP contribution in [0.15, 0.2) is 54.9 Å². The minimum atomic E-state index is -0.343. The van der Waals surface area contributed by atoms with Crippen molar-refractivity contribution in [2.45, 2.75) is 6.42 Å². The number of carbonyl (C=O) groups excluding carboxylic acids is 1. The van der Waals surface area contributed by atoms with Crippen LogP contribution < -0.4 is 5.32 Å². The topological polar surface area (TPSA) is 46.9 Å². The number of aromatic nitrogens is 2. The molecule has 0 aliphatic carbocycles. The highest BCUT2D eigenvalue weighted by molar-refractivity contribution is 5.94. The third-order valence-electron chi connectivity index (χ3n) is 3.59. The van der Waals surface area contributed by atoms with Gasteiger partial charge in [-0.15, -0.1) is 0 Å². The molecule has 0 saturated heterocycles. The minimum Gasteiger partial charge on any atom is -0.320 e. The van der Waals surface area contributed by atoms with Crippen LogP contribution in [-0.2, 0) is 18.3 Å². The summed E-state index contributed by atoms with van der Waals surface area (Å²) in [5.74, 6) is -0.400. The average Bonchev–Trinajstić information content (AvgIpc) is 2.91. The molecular formula is C18H15F2N3O. The zero-order valence-corrected chi connectivity index (χ0v) is 13.0. The lowest BCUT2D eigenvalue weighted by molar-refractivity contribution is -0.115. The van der Waals surface area contributed by atoms with Crippen LogP contribution in [0.4, 0.5) is 14.6 Å². The van der Waals surface area contributed by atoms with E-state index < -0.39 is 0 Å². The van der Waals surface area contributed by atoms with Gasteiger partial charge >= 0.3 is 0 Å². The van der Waals surface area contributed by atoms with Gasteiger partial charge in [0.15, 0.2) is 0 Å². The molecule has 3 rings (SSSR count). The molecule has 1 heterocycles. The summed E-state index contributed by atoms with van der Waals surface area (Å²) < 4.78 is 27.7. The Morgan fingerprint density at radius 1 is 1.04 bits per heavy atom. The molecule has 0 radical (unpaired) electrons. The molecule has 0 saturated carbocycles. The standard InChI is InChI=1S/C18H15F2N3O/c1-23-11-21-17(13-4-8-15(20)9-5-13)18(23)22-16(24)10-12-2-6-14(19)7-3-12/h2-9,11H,10H2,1H3,(H,22,24). The van der Waals surface area contributed by atoms with E-state index in [1.54, 1.807) is 42.2 Å². The monoisotopic (exact) mass is 327 g/mol. The maximum Gasteiger partial charge on any atom is 0.229 e. The number of nitrogens with one attached hydrogen (secondary N) is 1. The van der Waals surface area contributed by atoms with Gasteiger partial charge in [0.25, 0.3) is 0 Å². The third kappa shape index (κ3) is 3.48. The summed E-state index contributed by atoms with van der Waals surface area (Å²) >= 11 is 0. The average molecular weight is 327 g/mol. The number of nitrogens with zero attached hydrogens (tertiary/aromatic N) is 2. The number of hydrogen-bond acceptors (Lipinski definition) is 2. The lowest BCUT2D eigenvalue weighted by Gasteiger charge is -2.09. The van der Waals surface area contributed by atoms with Gasteiger partial charge in [-0.05, 0) is 42.0 Å². The van der Waals surface area contributed by atoms with E-state index in [-0.39, 0.29) is 24.0 Å². The van der Waals surface area contributed by atoms with Gasteiger partial charge in [-0.3, -0.25) is 4.79 Å². The van der Waals surface area contributed by atoms with E-state index in [0.29, 0.717) is 22.6 Å². The van der Waals surface area contributed by atoms with E-state index in [2.05, 4.69) is 10.3 Å². The van der Waals surface area contributed by atoms with Crippen LogP contribution in [0, 0.1) is 11.6 Å². The molecule has 0 aliphatic heterocycles. The largest absolute Gasteiger partial charge is 0.320 e. The molecule has 24 heavy (non-hydrogen) atoms. The highest BCUT2D eigenvalue weighted by Gasteiger charge is 2.14. The first kappa shape index (κ1) is 15.9. The molecule has 0 aliphatic rings. The fourth-order valence-corrected chi connectivity index (χ4v) is 2.36. The molecule has 2 aromatic carbocycles. The van der Waals surface area contributed by atoms with E-state index in [9.17, 15) is 13.6 Å². The van der Waals surface area contributed by atoms with Crippen LogP contribution in [0.5, 0.6) is 0 Å². The summed E-state index contributed by atoms with van der Waals surface area (Å²) in [5, 5.41) is 2.81. The van der Waals surface area contributed by atoms with Gasteiger partial charge in [0.05, 0.1) is 12.7 Å². The third-order valence-corrected chi connectivity index (χ3v) is 3.59. The van der Waals surface area contributed by atoms with Gasteiger partial charge in [0.1, 0.15) is 23.1 Å². The number of rotatable bonds is 4. The van der Waals surface area contributed by atoms with Gasteiger partial charge in [0.2, 0.25) is 5.91 Å². The van der Waals surface area contributed by atoms with E-state index in [0.717, 1.165) is 0 Å². The Balaban J connectivity index is 1.79. The second kappa shape index (κ2) is 6.62. The normalized spacial score (nSPS) is 10.6. The maximum absolute atomic E-state index is 13.1. The number of imidazole rings is 1. The summed E-state index contributed by atoms with van der Waals surface area (Å²) in [6.07, 6.45) is 1.69. The number of amides is 1. The van der Waals surface area contributed by atoms with Crippen molar-refractivity contribution in [2.75, 3.05) is 5.32 Å². The molecule has 0 spiro atoms. The quantitative estimate of drug-likeness (QED) is 0.796. The Kier molecular flexibility index (Phi) is 4.37. The molecule has 122 valence electrons. The van der Waals surface area contributed by atoms with Crippen molar-refractivity contribution in [3.8, 4) is 11.3 Å². The van der Waals surface area contributed by atoms with Crippen molar-refractivity contribution in [1.29, 1.82) is 0 Å². The number of halogens is 2. The molecule has 0 unspecified atom stereocenters. The van der Waals surface area contributed by atoms with Gasteiger partial charge in [0, 0.05) is 12.6 Å². The van der Waals surface area contributed by atoms with Crippen LogP contribution in [0.3, 0.4) is 0 Å². The van der Waals surface area contributed by atoms with Crippen LogP contribution in [0.2, 0.25) is 0 Å². The van der Waals surface area contributed by atoms with Gasteiger partial charge in [-0.25, -0.2) is 13.8 Å². The van der Waals surface area contributed by atoms with Gasteiger partial charge in [-0.2, -0.15) is 0 Å². The van der Waals surface area contributed by atoms with Gasteiger partial charge in [-0.1, -0.05) is 12.1 Å². The number of benzene rings is 2. The first-order valence-electron chi connectivity index (χ1n) is 7.34. The van der Waals surface area contributed by atoms with Crippen molar-refractivity contribution >= 4 is 11.7 Å². The number of hydrogen-bond donors (Lipinski definition) is 1. The Morgan fingerprint density at radius 2 is 1.62 bits per heavy atom. The summed E-state index contributed by atoms with van der Waals surface area (Å²) in [6, 6.07) is 11.7. The Morgan fingerprint density at radius 3 is 2.25 bits per heavy atom. The molecule has 3 aromatic rings. The van der Waals surface area contributed by atoms with Crippen LogP contribution in [0.1, 0.15) is 5.56 Å². The number of carbonyl (C=O) groups is 1. The number of aryl methyl sites for hydroxylation is 1. The summed E-state index contributed by atoms with van der Waals surface area (Å²) in [4.78, 5) is 16.5. The molecule has 0 atom stereocenters. The molecule has 0 fully saturated rings. The fourth-order valence-electron chi connectivity index (χ4n) is 2.36. The first-order chi connectivity index (χ1) is 11.5. The second-order valence-electron chi connectivity index (χ2n) is 5.41. The van der Waals surface area contributed by atoms with Gasteiger partial charge < -0.3 is 9.88 Å². The van der Waals surface area contributed by atoms with Crippen LogP contribution in [0.25, 0.3) is 11.3 Å². The van der Waals surface area contributed by atoms with Crippen molar-refractivity contribution in [3.05, 3.63) is 72.1 Å². The summed E-state index contributed by atoms with van der Waals surface area (Å²) in [6.45, 7) is 0. The van der Waals surface area contributed by atoms with Crippen molar-refractivity contribution in [1.82, 2.24) is 9.55 Å². The SMILES string of the molecule is Cn1cnc(-c2ccc(F)cc2)c1NC(=O)Cc1ccc(F)cc1. The molecule has 1 N–H and O–H groups in total. The molecule has 1 amide bonds. The smallest absolute Gasteiger partial charge is 0.229 e. The predicted molar refractivity (Wildman–Crippen MR) is 87.3 cm³/mol. The molecule has 0 bridgehead atoms. The van der Waals surface area contributed by atoms with Crippen LogP contribution in [-0.4, -0.2) is 15.5 Å². The first-order valence-corrected chi connectivity index (χ1v) is 7.34. The van der Waals surface area contributed by atoms with Crippen molar-refractivity contribution < 1.29 is 13.6 Å². The van der Waals surface area contributed by atoms with Crippen molar-refractivity contribution in [3.63, 3.8) is 0 Å². The fraction of sp³-hybridized carbons (Fsp3) is 0.111. The Labute approximate surface area is 137 Å². The summed E-state index contributed by atoms with van der Waals surface area (Å²) in [5.41, 5.74) is 1.97. The number of anilines is 1. The molecule has 4 nitrogen and oxygen atoms in total. The predicted octanol–water partition coefficient (Wildman–Crippen LogP) is 3.55. The van der Waals surface area contributed by atoms with E-state index in [1.807, 2.05) is 0 Å². The zero-order valence-electron chi connectivity index (χ0n) is 13.0. The highest BCUT2D eigenvalue weighted by Crippen LogP contribution is 2.26. The Bertz CT molecular complexity index is 855. The van der Waals surface area contributed by atoms with E-state index >= 15 is 0 Å². The van der Waals surface area contributed by atoms with Crippen LogP contribution >= 0.6 is 0 Å². The molecule has 1 aromatic heterocycles. The van der Waals surface area contributed by atoms with E-state index in [4.69, 9.17) is 0 Å². The van der Waals surface area contributed by atoms with E-state index in [1.165, 1.54) is 24.3 Å². The zero-order chi connectivity index (χ0) is 17.1. The highest BCUT2D eigenvalue weighted by atomic mass is 19.1. The molecular weight excluding hydrogens is 312 g/mol.